The second kappa shape index (κ2) is 6.84. The number of benzene rings is 2. The molecule has 1 amide bonds. The van der Waals surface area contributed by atoms with Gasteiger partial charge in [-0.1, -0.05) is 54.1 Å². The van der Waals surface area contributed by atoms with Crippen LogP contribution in [0.5, 0.6) is 0 Å². The van der Waals surface area contributed by atoms with Crippen molar-refractivity contribution in [3.63, 3.8) is 0 Å². The molecule has 1 fully saturated rings. The number of hydrogen-bond acceptors (Lipinski definition) is 2. The Balaban J connectivity index is 1.58. The second-order valence-electron chi connectivity index (χ2n) is 5.48. The molecule has 3 rings (SSSR count). The van der Waals surface area contributed by atoms with Crippen LogP contribution in [0.2, 0.25) is 5.02 Å². The number of nitrogens with zero attached hydrogens (tertiary/aromatic N) is 2. The monoisotopic (exact) mass is 314 g/mol. The molecule has 4 heteroatoms. The van der Waals surface area contributed by atoms with Crippen LogP contribution in [0.25, 0.3) is 0 Å². The number of hydrogen-bond donors (Lipinski definition) is 0. The summed E-state index contributed by atoms with van der Waals surface area (Å²) in [5.41, 5.74) is 2.13. The van der Waals surface area contributed by atoms with Crippen molar-refractivity contribution in [2.45, 2.75) is 6.42 Å². The molecule has 2 aromatic rings. The molecule has 0 N–H and O–H groups in total. The summed E-state index contributed by atoms with van der Waals surface area (Å²) in [5.74, 6) is 0.199. The molecular formula is C18H19ClN2O. The van der Waals surface area contributed by atoms with E-state index in [1.54, 1.807) is 0 Å². The van der Waals surface area contributed by atoms with Crippen LogP contribution < -0.4 is 4.90 Å². The van der Waals surface area contributed by atoms with E-state index in [2.05, 4.69) is 4.90 Å². The number of carbonyl (C=O) groups is 1. The van der Waals surface area contributed by atoms with Crippen LogP contribution in [0.15, 0.2) is 54.6 Å². The van der Waals surface area contributed by atoms with E-state index in [-0.39, 0.29) is 5.91 Å². The molecule has 1 heterocycles. The topological polar surface area (TPSA) is 23.6 Å². The van der Waals surface area contributed by atoms with Crippen molar-refractivity contribution < 1.29 is 4.79 Å². The van der Waals surface area contributed by atoms with E-state index in [4.69, 9.17) is 11.6 Å². The zero-order chi connectivity index (χ0) is 15.4. The molecule has 0 spiro atoms. The molecule has 0 aliphatic carbocycles. The van der Waals surface area contributed by atoms with E-state index in [1.165, 1.54) is 0 Å². The number of rotatable bonds is 3. The molecule has 3 nitrogen and oxygen atoms in total. The molecule has 0 saturated carbocycles. The Morgan fingerprint density at radius 2 is 1.55 bits per heavy atom. The van der Waals surface area contributed by atoms with Gasteiger partial charge >= 0.3 is 0 Å². The molecule has 22 heavy (non-hydrogen) atoms. The average Bonchev–Trinajstić information content (AvgIpc) is 2.56. The van der Waals surface area contributed by atoms with Crippen molar-refractivity contribution in [1.29, 1.82) is 0 Å². The lowest BCUT2D eigenvalue weighted by atomic mass is 10.1. The van der Waals surface area contributed by atoms with Crippen LogP contribution in [0.4, 0.5) is 5.69 Å². The van der Waals surface area contributed by atoms with Gasteiger partial charge in [0.05, 0.1) is 17.1 Å². The van der Waals surface area contributed by atoms with Gasteiger partial charge in [0.1, 0.15) is 0 Å². The van der Waals surface area contributed by atoms with E-state index in [0.717, 1.165) is 42.5 Å². The van der Waals surface area contributed by atoms with Crippen LogP contribution >= 0.6 is 11.6 Å². The zero-order valence-corrected chi connectivity index (χ0v) is 13.2. The van der Waals surface area contributed by atoms with Gasteiger partial charge in [0.2, 0.25) is 5.91 Å². The normalized spacial score (nSPS) is 15.0. The molecule has 1 saturated heterocycles. The SMILES string of the molecule is O=C(Cc1ccccc1)N1CCN(c2ccccc2Cl)CC1. The molecule has 114 valence electrons. The summed E-state index contributed by atoms with van der Waals surface area (Å²) in [6.45, 7) is 3.14. The van der Waals surface area contributed by atoms with E-state index in [1.807, 2.05) is 59.5 Å². The Morgan fingerprint density at radius 3 is 2.23 bits per heavy atom. The summed E-state index contributed by atoms with van der Waals surface area (Å²) >= 11 is 6.24. The zero-order valence-electron chi connectivity index (χ0n) is 12.4. The number of piperazine rings is 1. The highest BCUT2D eigenvalue weighted by molar-refractivity contribution is 6.33. The van der Waals surface area contributed by atoms with Gasteiger partial charge in [0.25, 0.3) is 0 Å². The summed E-state index contributed by atoms with van der Waals surface area (Å²) in [5, 5.41) is 0.770. The minimum absolute atomic E-state index is 0.199. The number of para-hydroxylation sites is 1. The third kappa shape index (κ3) is 3.42. The molecule has 2 aromatic carbocycles. The molecule has 0 atom stereocenters. The van der Waals surface area contributed by atoms with Gasteiger partial charge in [-0.15, -0.1) is 0 Å². The largest absolute Gasteiger partial charge is 0.367 e. The molecule has 0 unspecified atom stereocenters. The molecule has 0 radical (unpaired) electrons. The summed E-state index contributed by atoms with van der Waals surface area (Å²) in [7, 11) is 0. The summed E-state index contributed by atoms with van der Waals surface area (Å²) in [4.78, 5) is 16.5. The quantitative estimate of drug-likeness (QED) is 0.868. The lowest BCUT2D eigenvalue weighted by Gasteiger charge is -2.36. The fourth-order valence-electron chi connectivity index (χ4n) is 2.79. The van der Waals surface area contributed by atoms with Crippen LogP contribution in [0, 0.1) is 0 Å². The second-order valence-corrected chi connectivity index (χ2v) is 5.89. The Labute approximate surface area is 136 Å². The molecule has 1 aliphatic rings. The van der Waals surface area contributed by atoms with E-state index >= 15 is 0 Å². The summed E-state index contributed by atoms with van der Waals surface area (Å²) in [6.07, 6.45) is 0.479. The number of halogens is 1. The highest BCUT2D eigenvalue weighted by atomic mass is 35.5. The van der Waals surface area contributed by atoms with Crippen molar-refractivity contribution in [2.75, 3.05) is 31.1 Å². The highest BCUT2D eigenvalue weighted by Crippen LogP contribution is 2.26. The van der Waals surface area contributed by atoms with Crippen LogP contribution in [0.3, 0.4) is 0 Å². The lowest BCUT2D eigenvalue weighted by Crippen LogP contribution is -2.49. The van der Waals surface area contributed by atoms with Crippen molar-refractivity contribution in [2.24, 2.45) is 0 Å². The van der Waals surface area contributed by atoms with Gasteiger partial charge in [0.15, 0.2) is 0 Å². The average molecular weight is 315 g/mol. The fourth-order valence-corrected chi connectivity index (χ4v) is 3.04. The Kier molecular flexibility index (Phi) is 4.64. The Bertz CT molecular complexity index is 637. The van der Waals surface area contributed by atoms with Crippen molar-refractivity contribution in [1.82, 2.24) is 4.90 Å². The van der Waals surface area contributed by atoms with Crippen LogP contribution in [-0.4, -0.2) is 37.0 Å². The summed E-state index contributed by atoms with van der Waals surface area (Å²) in [6, 6.07) is 17.8. The van der Waals surface area contributed by atoms with Gasteiger partial charge in [0, 0.05) is 26.2 Å². The minimum atomic E-state index is 0.199. The third-order valence-electron chi connectivity index (χ3n) is 4.02. The maximum absolute atomic E-state index is 12.4. The van der Waals surface area contributed by atoms with Crippen LogP contribution in [0.1, 0.15) is 5.56 Å². The van der Waals surface area contributed by atoms with Gasteiger partial charge in [-0.25, -0.2) is 0 Å². The van der Waals surface area contributed by atoms with E-state index in [0.29, 0.717) is 6.42 Å². The highest BCUT2D eigenvalue weighted by Gasteiger charge is 2.22. The Hall–Kier alpha value is -2.00. The minimum Gasteiger partial charge on any atom is -0.367 e. The number of amides is 1. The molecule has 1 aliphatic heterocycles. The predicted molar refractivity (Wildman–Crippen MR) is 90.4 cm³/mol. The lowest BCUT2D eigenvalue weighted by molar-refractivity contribution is -0.130. The third-order valence-corrected chi connectivity index (χ3v) is 4.34. The standard InChI is InChI=1S/C18H19ClN2O/c19-16-8-4-5-9-17(16)20-10-12-21(13-11-20)18(22)14-15-6-2-1-3-7-15/h1-9H,10-14H2. The van der Waals surface area contributed by atoms with Gasteiger partial charge in [-0.2, -0.15) is 0 Å². The number of anilines is 1. The fraction of sp³-hybridized carbons (Fsp3) is 0.278. The molecule has 0 bridgehead atoms. The summed E-state index contributed by atoms with van der Waals surface area (Å²) < 4.78 is 0. The van der Waals surface area contributed by atoms with Crippen LogP contribution in [-0.2, 0) is 11.2 Å². The van der Waals surface area contributed by atoms with E-state index < -0.39 is 0 Å². The van der Waals surface area contributed by atoms with Crippen molar-refractivity contribution >= 4 is 23.2 Å². The van der Waals surface area contributed by atoms with Gasteiger partial charge in [-0.3, -0.25) is 4.79 Å². The first-order valence-corrected chi connectivity index (χ1v) is 7.93. The first-order chi connectivity index (χ1) is 10.7. The van der Waals surface area contributed by atoms with Crippen molar-refractivity contribution in [3.8, 4) is 0 Å². The maximum atomic E-state index is 12.4. The van der Waals surface area contributed by atoms with Gasteiger partial charge < -0.3 is 9.80 Å². The smallest absolute Gasteiger partial charge is 0.227 e. The van der Waals surface area contributed by atoms with Crippen molar-refractivity contribution in [3.05, 3.63) is 65.2 Å². The number of carbonyl (C=O) groups excluding carboxylic acids is 1. The maximum Gasteiger partial charge on any atom is 0.227 e. The molecular weight excluding hydrogens is 296 g/mol. The Morgan fingerprint density at radius 1 is 0.909 bits per heavy atom. The first kappa shape index (κ1) is 14.9. The first-order valence-electron chi connectivity index (χ1n) is 7.55. The molecule has 0 aromatic heterocycles. The van der Waals surface area contributed by atoms with E-state index in [9.17, 15) is 4.79 Å². The predicted octanol–water partition coefficient (Wildman–Crippen LogP) is 3.23. The van der Waals surface area contributed by atoms with Gasteiger partial charge in [-0.05, 0) is 17.7 Å².